The van der Waals surface area contributed by atoms with Crippen LogP contribution in [-0.4, -0.2) is 31.9 Å². The van der Waals surface area contributed by atoms with Crippen molar-refractivity contribution in [2.45, 2.75) is 77.3 Å². The van der Waals surface area contributed by atoms with Gasteiger partial charge >= 0.3 is 0 Å². The molecule has 3 heterocycles. The van der Waals surface area contributed by atoms with E-state index in [1.54, 1.807) is 22.5 Å². The predicted octanol–water partition coefficient (Wildman–Crippen LogP) is 4.60. The topological polar surface area (TPSA) is 87.2 Å². The van der Waals surface area contributed by atoms with E-state index in [4.69, 9.17) is 5.26 Å². The van der Waals surface area contributed by atoms with Crippen molar-refractivity contribution < 1.29 is 4.79 Å². The lowest BCUT2D eigenvalue weighted by molar-refractivity contribution is -0.220. The number of nitrogens with zero attached hydrogens (tertiary/aromatic N) is 6. The van der Waals surface area contributed by atoms with Crippen molar-refractivity contribution in [3.8, 4) is 6.07 Å². The molecule has 2 bridgehead atoms. The van der Waals surface area contributed by atoms with Gasteiger partial charge in [0, 0.05) is 36.5 Å². The SMILES string of the molecule is Cc1csc(C2CC=NN2C(=O)C23CC(CCCCCCn4cc(C#N)cn4)(C2)C3)n1. The maximum absolute atomic E-state index is 13.3. The summed E-state index contributed by atoms with van der Waals surface area (Å²) in [6.07, 6.45) is 15.1. The van der Waals surface area contributed by atoms with Crippen LogP contribution < -0.4 is 0 Å². The number of carbonyl (C=O) groups is 1. The lowest BCUT2D eigenvalue weighted by Crippen LogP contribution is -2.67. The standard InChI is InChI=1S/C23H28N6OS/c1-17-13-31-20(27-17)19-6-8-25-29(19)21(30)23-14-22(15-23,16-23)7-4-2-3-5-9-28-12-18(10-24)11-26-28/h8,11-13,19H,2-7,9,14-16H2,1H3. The van der Waals surface area contributed by atoms with Crippen LogP contribution in [0.25, 0.3) is 0 Å². The Bertz CT molecular complexity index is 1030. The summed E-state index contributed by atoms with van der Waals surface area (Å²) < 4.78 is 1.86. The second-order valence-corrected chi connectivity index (χ2v) is 10.5. The molecule has 0 spiro atoms. The molecule has 1 atom stereocenters. The Morgan fingerprint density at radius 3 is 2.81 bits per heavy atom. The highest BCUT2D eigenvalue weighted by atomic mass is 32.1. The van der Waals surface area contributed by atoms with E-state index in [1.807, 2.05) is 29.4 Å². The second-order valence-electron chi connectivity index (χ2n) is 9.61. The third-order valence-electron chi connectivity index (χ3n) is 7.16. The van der Waals surface area contributed by atoms with Gasteiger partial charge in [-0.2, -0.15) is 15.5 Å². The van der Waals surface area contributed by atoms with Crippen LogP contribution in [0.3, 0.4) is 0 Å². The number of carbonyl (C=O) groups excluding carboxylic acids is 1. The molecule has 1 aliphatic heterocycles. The second kappa shape index (κ2) is 7.86. The Morgan fingerprint density at radius 1 is 1.29 bits per heavy atom. The van der Waals surface area contributed by atoms with Crippen molar-refractivity contribution in [1.29, 1.82) is 5.26 Å². The van der Waals surface area contributed by atoms with Crippen LogP contribution in [0.5, 0.6) is 0 Å². The first-order chi connectivity index (χ1) is 15.0. The molecule has 7 nitrogen and oxygen atoms in total. The number of hydrogen-bond acceptors (Lipinski definition) is 6. The highest BCUT2D eigenvalue weighted by Gasteiger charge is 2.71. The molecule has 0 N–H and O–H groups in total. The third-order valence-corrected chi connectivity index (χ3v) is 8.22. The lowest BCUT2D eigenvalue weighted by Gasteiger charge is -2.70. The average molecular weight is 437 g/mol. The summed E-state index contributed by atoms with van der Waals surface area (Å²) >= 11 is 1.63. The van der Waals surface area contributed by atoms with Gasteiger partial charge in [-0.1, -0.05) is 19.3 Å². The molecule has 31 heavy (non-hydrogen) atoms. The Kier molecular flexibility index (Phi) is 5.17. The lowest BCUT2D eigenvalue weighted by atomic mass is 9.34. The number of nitriles is 1. The van der Waals surface area contributed by atoms with E-state index in [-0.39, 0.29) is 17.4 Å². The van der Waals surface area contributed by atoms with E-state index in [9.17, 15) is 4.79 Å². The molecule has 3 aliphatic carbocycles. The maximum Gasteiger partial charge on any atom is 0.249 e. The van der Waals surface area contributed by atoms with Crippen LogP contribution in [0.1, 0.15) is 80.1 Å². The number of hydrazone groups is 1. The molecule has 0 radical (unpaired) electrons. The van der Waals surface area contributed by atoms with Gasteiger partial charge in [-0.15, -0.1) is 11.3 Å². The van der Waals surface area contributed by atoms with Gasteiger partial charge in [0.2, 0.25) is 5.91 Å². The molecule has 1 amide bonds. The molecule has 2 aromatic heterocycles. The smallest absolute Gasteiger partial charge is 0.249 e. The van der Waals surface area contributed by atoms with Crippen LogP contribution in [0.15, 0.2) is 22.9 Å². The molecule has 3 fully saturated rings. The minimum Gasteiger partial charge on any atom is -0.272 e. The van der Waals surface area contributed by atoms with Gasteiger partial charge in [0.15, 0.2) is 0 Å². The number of aryl methyl sites for hydroxylation is 2. The number of amides is 1. The third kappa shape index (κ3) is 3.69. The average Bonchev–Trinajstić information content (AvgIpc) is 3.44. The van der Waals surface area contributed by atoms with E-state index < -0.39 is 0 Å². The fourth-order valence-corrected chi connectivity index (χ4v) is 6.64. The largest absolute Gasteiger partial charge is 0.272 e. The fourth-order valence-electron chi connectivity index (χ4n) is 5.74. The summed E-state index contributed by atoms with van der Waals surface area (Å²) in [6.45, 7) is 2.87. The number of aromatic nitrogens is 3. The molecule has 2 aromatic rings. The summed E-state index contributed by atoms with van der Waals surface area (Å²) in [7, 11) is 0. The minimum atomic E-state index is -0.148. The zero-order valence-corrected chi connectivity index (χ0v) is 18.8. The molecule has 4 aliphatic rings. The van der Waals surface area contributed by atoms with Gasteiger partial charge in [0.25, 0.3) is 0 Å². The Balaban J connectivity index is 1.03. The zero-order chi connectivity index (χ0) is 21.5. The number of hydrogen-bond donors (Lipinski definition) is 0. The van der Waals surface area contributed by atoms with Gasteiger partial charge in [0.1, 0.15) is 17.1 Å². The molecule has 1 unspecified atom stereocenters. The van der Waals surface area contributed by atoms with E-state index in [0.29, 0.717) is 11.0 Å². The molecule has 0 aromatic carbocycles. The van der Waals surface area contributed by atoms with Crippen molar-refractivity contribution >= 4 is 23.5 Å². The highest BCUT2D eigenvalue weighted by molar-refractivity contribution is 7.09. The Morgan fingerprint density at radius 2 is 2.10 bits per heavy atom. The molecule has 162 valence electrons. The van der Waals surface area contributed by atoms with Crippen LogP contribution in [-0.2, 0) is 11.3 Å². The molecule has 8 heteroatoms. The highest BCUT2D eigenvalue weighted by Crippen LogP contribution is 2.76. The van der Waals surface area contributed by atoms with E-state index >= 15 is 0 Å². The van der Waals surface area contributed by atoms with Crippen LogP contribution in [0.2, 0.25) is 0 Å². The normalized spacial score (nSPS) is 28.3. The van der Waals surface area contributed by atoms with E-state index in [1.165, 1.54) is 25.7 Å². The van der Waals surface area contributed by atoms with E-state index in [2.05, 4.69) is 21.3 Å². The monoisotopic (exact) mass is 436 g/mol. The van der Waals surface area contributed by atoms with Gasteiger partial charge in [-0.25, -0.2) is 9.99 Å². The van der Waals surface area contributed by atoms with Crippen LogP contribution in [0.4, 0.5) is 0 Å². The molecule has 3 saturated carbocycles. The van der Waals surface area contributed by atoms with Crippen LogP contribution >= 0.6 is 11.3 Å². The summed E-state index contributed by atoms with van der Waals surface area (Å²) in [4.78, 5) is 17.8. The quantitative estimate of drug-likeness (QED) is 0.538. The Hall–Kier alpha value is -2.53. The summed E-state index contributed by atoms with van der Waals surface area (Å²) in [5.41, 5.74) is 1.90. The summed E-state index contributed by atoms with van der Waals surface area (Å²) in [5.74, 6) is 0.219. The minimum absolute atomic E-state index is 0.00444. The van der Waals surface area contributed by atoms with Crippen molar-refractivity contribution in [2.75, 3.05) is 0 Å². The van der Waals surface area contributed by atoms with Gasteiger partial charge < -0.3 is 0 Å². The molecule has 6 rings (SSSR count). The summed E-state index contributed by atoms with van der Waals surface area (Å²) in [5, 5.41) is 22.3. The van der Waals surface area contributed by atoms with Crippen molar-refractivity contribution in [2.24, 2.45) is 15.9 Å². The predicted molar refractivity (Wildman–Crippen MR) is 118 cm³/mol. The van der Waals surface area contributed by atoms with Crippen LogP contribution in [0, 0.1) is 29.1 Å². The van der Waals surface area contributed by atoms with Crippen molar-refractivity contribution in [1.82, 2.24) is 19.8 Å². The molecular formula is C23H28N6OS. The molecular weight excluding hydrogens is 408 g/mol. The maximum atomic E-state index is 13.3. The van der Waals surface area contributed by atoms with Gasteiger partial charge in [-0.3, -0.25) is 9.48 Å². The van der Waals surface area contributed by atoms with Crippen molar-refractivity contribution in [3.63, 3.8) is 0 Å². The van der Waals surface area contributed by atoms with E-state index in [0.717, 1.165) is 49.4 Å². The first-order valence-electron chi connectivity index (χ1n) is 11.2. The fraction of sp³-hybridized carbons (Fsp3) is 0.609. The van der Waals surface area contributed by atoms with Gasteiger partial charge in [-0.05, 0) is 44.4 Å². The number of unbranched alkanes of at least 4 members (excludes halogenated alkanes) is 3. The Labute approximate surface area is 186 Å². The molecule has 0 saturated heterocycles. The number of thiazole rings is 1. The summed E-state index contributed by atoms with van der Waals surface area (Å²) in [6, 6.07) is 2.11. The zero-order valence-electron chi connectivity index (χ0n) is 18.0. The van der Waals surface area contributed by atoms with Crippen molar-refractivity contribution in [3.05, 3.63) is 34.0 Å². The first kappa shape index (κ1) is 20.4. The van der Waals surface area contributed by atoms with Gasteiger partial charge in [0.05, 0.1) is 17.2 Å². The first-order valence-corrected chi connectivity index (χ1v) is 12.1. The number of rotatable bonds is 9.